The Kier molecular flexibility index (Phi) is 2.69. The second-order valence-corrected chi connectivity index (χ2v) is 2.60. The average molecular weight is 197 g/mol. The van der Waals surface area contributed by atoms with Crippen molar-refractivity contribution in [1.29, 1.82) is 0 Å². The van der Waals surface area contributed by atoms with Crippen LogP contribution < -0.4 is 0 Å². The highest BCUT2D eigenvalue weighted by Gasteiger charge is 1.92. The number of hydrogen-bond donors (Lipinski definition) is 0. The summed E-state index contributed by atoms with van der Waals surface area (Å²) in [5, 5.41) is 0.898. The zero-order valence-corrected chi connectivity index (χ0v) is 7.26. The van der Waals surface area contributed by atoms with Crippen LogP contribution in [0.3, 0.4) is 0 Å². The molecular weight excluding hydrogens is 188 g/mol. The molecule has 0 amide bonds. The molecule has 0 atom stereocenters. The Balaban J connectivity index is 3.08. The zero-order chi connectivity index (χ0) is 7.40. The van der Waals surface area contributed by atoms with Gasteiger partial charge in [-0.2, -0.15) is 0 Å². The fourth-order valence-corrected chi connectivity index (χ4v) is 1.37. The molecule has 1 rings (SSSR count). The van der Waals surface area contributed by atoms with Crippen molar-refractivity contribution in [3.8, 4) is 0 Å². The van der Waals surface area contributed by atoms with Gasteiger partial charge in [0.05, 0.1) is 0 Å². The number of rotatable bonds is 2. The molecule has 0 spiro atoms. The molecule has 0 N–H and O–H groups in total. The largest absolute Gasteiger partial charge is 0.0985 e. The van der Waals surface area contributed by atoms with Crippen LogP contribution in [-0.2, 0) is 5.33 Å². The highest BCUT2D eigenvalue weighted by Crippen LogP contribution is 2.12. The molecule has 0 fully saturated rings. The molecule has 0 aromatic heterocycles. The van der Waals surface area contributed by atoms with Gasteiger partial charge >= 0.3 is 0 Å². The minimum Gasteiger partial charge on any atom is -0.0985 e. The van der Waals surface area contributed by atoms with Crippen LogP contribution in [0.15, 0.2) is 30.8 Å². The highest BCUT2D eigenvalue weighted by molar-refractivity contribution is 9.08. The van der Waals surface area contributed by atoms with Gasteiger partial charge in [-0.3, -0.25) is 0 Å². The van der Waals surface area contributed by atoms with E-state index in [1.807, 2.05) is 18.2 Å². The molecule has 0 nitrogen and oxygen atoms in total. The lowest BCUT2D eigenvalue weighted by molar-refractivity contribution is 1.41. The summed E-state index contributed by atoms with van der Waals surface area (Å²) in [6.45, 7) is 3.72. The Morgan fingerprint density at radius 2 is 2.10 bits per heavy atom. The van der Waals surface area contributed by atoms with Gasteiger partial charge in [0, 0.05) is 5.33 Å². The second kappa shape index (κ2) is 3.57. The van der Waals surface area contributed by atoms with Gasteiger partial charge in [0.15, 0.2) is 0 Å². The molecule has 0 heterocycles. The molecular formula is C9H9Br. The SMILES string of the molecule is C=Cc1ccccc1CBr. The molecule has 10 heavy (non-hydrogen) atoms. The van der Waals surface area contributed by atoms with E-state index in [1.54, 1.807) is 0 Å². The third-order valence-corrected chi connectivity index (χ3v) is 2.02. The first-order chi connectivity index (χ1) is 4.88. The summed E-state index contributed by atoms with van der Waals surface area (Å²) in [4.78, 5) is 0. The van der Waals surface area contributed by atoms with Crippen molar-refractivity contribution in [2.24, 2.45) is 0 Å². The van der Waals surface area contributed by atoms with Gasteiger partial charge in [-0.15, -0.1) is 0 Å². The van der Waals surface area contributed by atoms with Crippen molar-refractivity contribution in [2.45, 2.75) is 5.33 Å². The van der Waals surface area contributed by atoms with E-state index in [-0.39, 0.29) is 0 Å². The lowest BCUT2D eigenvalue weighted by Gasteiger charge is -1.98. The molecule has 0 saturated carbocycles. The van der Waals surface area contributed by atoms with Crippen molar-refractivity contribution in [1.82, 2.24) is 0 Å². The van der Waals surface area contributed by atoms with Crippen molar-refractivity contribution in [3.63, 3.8) is 0 Å². The summed E-state index contributed by atoms with van der Waals surface area (Å²) >= 11 is 3.40. The smallest absolute Gasteiger partial charge is 0.0288 e. The van der Waals surface area contributed by atoms with Crippen molar-refractivity contribution in [3.05, 3.63) is 42.0 Å². The lowest BCUT2D eigenvalue weighted by atomic mass is 10.1. The summed E-state index contributed by atoms with van der Waals surface area (Å²) in [7, 11) is 0. The van der Waals surface area contributed by atoms with Gasteiger partial charge in [0.25, 0.3) is 0 Å². The molecule has 0 unspecified atom stereocenters. The molecule has 0 radical (unpaired) electrons. The van der Waals surface area contributed by atoms with Crippen LogP contribution in [-0.4, -0.2) is 0 Å². The van der Waals surface area contributed by atoms with Crippen LogP contribution in [0.2, 0.25) is 0 Å². The second-order valence-electron chi connectivity index (χ2n) is 2.04. The summed E-state index contributed by atoms with van der Waals surface area (Å²) < 4.78 is 0. The number of halogens is 1. The van der Waals surface area contributed by atoms with Crippen molar-refractivity contribution >= 4 is 22.0 Å². The molecule has 0 aliphatic rings. The van der Waals surface area contributed by atoms with Crippen LogP contribution in [0, 0.1) is 0 Å². The van der Waals surface area contributed by atoms with Gasteiger partial charge in [0.1, 0.15) is 0 Å². The predicted molar refractivity (Wildman–Crippen MR) is 49.2 cm³/mol. The van der Waals surface area contributed by atoms with Gasteiger partial charge in [-0.1, -0.05) is 52.9 Å². The first-order valence-corrected chi connectivity index (χ1v) is 4.27. The lowest BCUT2D eigenvalue weighted by Crippen LogP contribution is -1.80. The van der Waals surface area contributed by atoms with E-state index in [9.17, 15) is 0 Å². The van der Waals surface area contributed by atoms with E-state index in [1.165, 1.54) is 11.1 Å². The van der Waals surface area contributed by atoms with E-state index in [4.69, 9.17) is 0 Å². The summed E-state index contributed by atoms with van der Waals surface area (Å²) in [6.07, 6.45) is 1.87. The van der Waals surface area contributed by atoms with Crippen LogP contribution >= 0.6 is 15.9 Å². The van der Waals surface area contributed by atoms with Crippen LogP contribution in [0.4, 0.5) is 0 Å². The molecule has 0 aliphatic heterocycles. The Hall–Kier alpha value is -0.560. The zero-order valence-electron chi connectivity index (χ0n) is 5.68. The molecule has 1 aromatic carbocycles. The molecule has 52 valence electrons. The number of benzene rings is 1. The molecule has 1 heteroatoms. The number of alkyl halides is 1. The Morgan fingerprint density at radius 1 is 1.40 bits per heavy atom. The normalized spacial score (nSPS) is 9.30. The van der Waals surface area contributed by atoms with E-state index >= 15 is 0 Å². The van der Waals surface area contributed by atoms with Crippen LogP contribution in [0.25, 0.3) is 6.08 Å². The quantitative estimate of drug-likeness (QED) is 0.638. The van der Waals surface area contributed by atoms with E-state index in [0.717, 1.165) is 5.33 Å². The van der Waals surface area contributed by atoms with Gasteiger partial charge in [-0.25, -0.2) is 0 Å². The average Bonchev–Trinajstić information content (AvgIpc) is 2.04. The Bertz CT molecular complexity index is 228. The van der Waals surface area contributed by atoms with Crippen molar-refractivity contribution < 1.29 is 0 Å². The van der Waals surface area contributed by atoms with E-state index in [0.29, 0.717) is 0 Å². The van der Waals surface area contributed by atoms with Gasteiger partial charge in [0.2, 0.25) is 0 Å². The van der Waals surface area contributed by atoms with Crippen LogP contribution in [0.5, 0.6) is 0 Å². The molecule has 0 bridgehead atoms. The monoisotopic (exact) mass is 196 g/mol. The fraction of sp³-hybridized carbons (Fsp3) is 0.111. The first-order valence-electron chi connectivity index (χ1n) is 3.15. The topological polar surface area (TPSA) is 0 Å². The molecule has 1 aromatic rings. The number of hydrogen-bond acceptors (Lipinski definition) is 0. The molecule has 0 aliphatic carbocycles. The van der Waals surface area contributed by atoms with Crippen LogP contribution in [0.1, 0.15) is 11.1 Å². The Morgan fingerprint density at radius 3 is 2.60 bits per heavy atom. The maximum Gasteiger partial charge on any atom is 0.0288 e. The summed E-state index contributed by atoms with van der Waals surface area (Å²) in [5.41, 5.74) is 2.50. The predicted octanol–water partition coefficient (Wildman–Crippen LogP) is 3.22. The molecule has 0 saturated heterocycles. The minimum atomic E-state index is 0.898. The highest BCUT2D eigenvalue weighted by atomic mass is 79.9. The summed E-state index contributed by atoms with van der Waals surface area (Å²) in [5.74, 6) is 0. The van der Waals surface area contributed by atoms with Gasteiger partial charge in [-0.05, 0) is 11.1 Å². The van der Waals surface area contributed by atoms with Gasteiger partial charge < -0.3 is 0 Å². The van der Waals surface area contributed by atoms with E-state index < -0.39 is 0 Å². The standard InChI is InChI=1S/C9H9Br/c1-2-8-5-3-4-6-9(8)7-10/h2-6H,1,7H2. The third-order valence-electron chi connectivity index (χ3n) is 1.42. The fourth-order valence-electron chi connectivity index (χ4n) is 0.855. The summed E-state index contributed by atoms with van der Waals surface area (Å²) in [6, 6.07) is 8.20. The first kappa shape index (κ1) is 7.55. The van der Waals surface area contributed by atoms with Crippen molar-refractivity contribution in [2.75, 3.05) is 0 Å². The maximum absolute atomic E-state index is 3.72. The minimum absolute atomic E-state index is 0.898. The maximum atomic E-state index is 3.72. The third kappa shape index (κ3) is 1.48. The van der Waals surface area contributed by atoms with E-state index in [2.05, 4.69) is 34.6 Å². The Labute approximate surface area is 69.7 Å².